The number of H-pyrrole nitrogens is 1. The Morgan fingerprint density at radius 2 is 1.68 bits per heavy atom. The number of benzene rings is 2. The molecule has 0 aliphatic heterocycles. The van der Waals surface area contributed by atoms with E-state index in [9.17, 15) is 0 Å². The largest absolute Gasteiger partial charge is 0.359 e. The number of hydrogen-bond donors (Lipinski definition) is 2. The van der Waals surface area contributed by atoms with Crippen LogP contribution in [0, 0.1) is 6.92 Å². The van der Waals surface area contributed by atoms with Gasteiger partial charge in [0.25, 0.3) is 0 Å². The summed E-state index contributed by atoms with van der Waals surface area (Å²) in [6, 6.07) is 19.3. The lowest BCUT2D eigenvalue weighted by atomic mass is 10.1. The summed E-state index contributed by atoms with van der Waals surface area (Å²) >= 11 is 0. The van der Waals surface area contributed by atoms with E-state index in [1.807, 2.05) is 6.07 Å². The molecule has 0 radical (unpaired) electrons. The van der Waals surface area contributed by atoms with Crippen molar-refractivity contribution in [3.05, 3.63) is 71.4 Å². The van der Waals surface area contributed by atoms with Gasteiger partial charge in [-0.1, -0.05) is 36.4 Å². The summed E-state index contributed by atoms with van der Waals surface area (Å²) in [4.78, 5) is 3.35. The molecule has 2 nitrogen and oxygen atoms in total. The van der Waals surface area contributed by atoms with Crippen molar-refractivity contribution in [3.63, 3.8) is 0 Å². The van der Waals surface area contributed by atoms with E-state index in [-0.39, 0.29) is 0 Å². The maximum atomic E-state index is 3.48. The summed E-state index contributed by atoms with van der Waals surface area (Å²) in [6.07, 6.45) is 0. The molecule has 3 rings (SSSR count). The molecule has 2 heteroatoms. The first-order valence-electron chi connectivity index (χ1n) is 6.64. The number of nitrogens with one attached hydrogen (secondary N) is 2. The van der Waals surface area contributed by atoms with Crippen LogP contribution in [-0.4, -0.2) is 4.98 Å². The van der Waals surface area contributed by atoms with Crippen molar-refractivity contribution in [1.82, 2.24) is 10.3 Å². The van der Waals surface area contributed by atoms with Crippen LogP contribution in [0.25, 0.3) is 10.9 Å². The molecular formula is C17H18N2. The summed E-state index contributed by atoms with van der Waals surface area (Å²) < 4.78 is 0. The van der Waals surface area contributed by atoms with Crippen molar-refractivity contribution in [2.24, 2.45) is 0 Å². The van der Waals surface area contributed by atoms with E-state index in [2.05, 4.69) is 65.8 Å². The van der Waals surface area contributed by atoms with Gasteiger partial charge in [0, 0.05) is 24.3 Å². The Morgan fingerprint density at radius 1 is 0.895 bits per heavy atom. The minimum Gasteiger partial charge on any atom is -0.359 e. The molecule has 0 aliphatic carbocycles. The van der Waals surface area contributed by atoms with Gasteiger partial charge in [-0.05, 0) is 41.6 Å². The second-order valence-electron chi connectivity index (χ2n) is 4.96. The maximum absolute atomic E-state index is 3.48. The van der Waals surface area contributed by atoms with E-state index < -0.39 is 0 Å². The number of hydrogen-bond acceptors (Lipinski definition) is 1. The molecule has 2 aromatic carbocycles. The van der Waals surface area contributed by atoms with Crippen LogP contribution in [-0.2, 0) is 13.1 Å². The quantitative estimate of drug-likeness (QED) is 0.725. The lowest BCUT2D eigenvalue weighted by Crippen LogP contribution is -2.12. The number of aromatic nitrogens is 1. The SMILES string of the molecule is Cc1cc2cc(CNCc3ccccc3)ccc2[nH]1. The molecule has 0 bridgehead atoms. The van der Waals surface area contributed by atoms with Gasteiger partial charge >= 0.3 is 0 Å². The predicted molar refractivity (Wildman–Crippen MR) is 80.0 cm³/mol. The fourth-order valence-electron chi connectivity index (χ4n) is 2.38. The number of aromatic amines is 1. The summed E-state index contributed by atoms with van der Waals surface area (Å²) in [5.74, 6) is 0. The number of rotatable bonds is 4. The average molecular weight is 250 g/mol. The molecule has 0 amide bonds. The molecule has 3 aromatic rings. The Balaban J connectivity index is 1.65. The van der Waals surface area contributed by atoms with Crippen molar-refractivity contribution >= 4 is 10.9 Å². The molecule has 0 atom stereocenters. The van der Waals surface area contributed by atoms with Crippen LogP contribution in [0.15, 0.2) is 54.6 Å². The minimum absolute atomic E-state index is 0.898. The average Bonchev–Trinajstić information content (AvgIpc) is 2.79. The zero-order valence-corrected chi connectivity index (χ0v) is 11.1. The fourth-order valence-corrected chi connectivity index (χ4v) is 2.38. The van der Waals surface area contributed by atoms with Crippen molar-refractivity contribution in [3.8, 4) is 0 Å². The first-order valence-corrected chi connectivity index (χ1v) is 6.64. The number of aryl methyl sites for hydroxylation is 1. The second-order valence-corrected chi connectivity index (χ2v) is 4.96. The molecule has 0 saturated carbocycles. The van der Waals surface area contributed by atoms with Gasteiger partial charge in [-0.25, -0.2) is 0 Å². The summed E-state index contributed by atoms with van der Waals surface area (Å²) in [7, 11) is 0. The Labute approximate surface area is 113 Å². The van der Waals surface area contributed by atoms with Gasteiger partial charge < -0.3 is 10.3 Å². The van der Waals surface area contributed by atoms with E-state index in [1.54, 1.807) is 0 Å². The van der Waals surface area contributed by atoms with Gasteiger partial charge in [0.1, 0.15) is 0 Å². The Morgan fingerprint density at radius 3 is 2.53 bits per heavy atom. The van der Waals surface area contributed by atoms with Crippen LogP contribution in [0.4, 0.5) is 0 Å². The Hall–Kier alpha value is -2.06. The van der Waals surface area contributed by atoms with Gasteiger partial charge in [-0.2, -0.15) is 0 Å². The first-order chi connectivity index (χ1) is 9.31. The zero-order chi connectivity index (χ0) is 13.1. The van der Waals surface area contributed by atoms with Crippen LogP contribution in [0.2, 0.25) is 0 Å². The van der Waals surface area contributed by atoms with Gasteiger partial charge in [0.15, 0.2) is 0 Å². The zero-order valence-electron chi connectivity index (χ0n) is 11.1. The van der Waals surface area contributed by atoms with E-state index in [0.717, 1.165) is 13.1 Å². The van der Waals surface area contributed by atoms with Gasteiger partial charge in [0.05, 0.1) is 0 Å². The third-order valence-electron chi connectivity index (χ3n) is 3.32. The second kappa shape index (κ2) is 5.29. The maximum Gasteiger partial charge on any atom is 0.0456 e. The van der Waals surface area contributed by atoms with Crippen LogP contribution in [0.1, 0.15) is 16.8 Å². The van der Waals surface area contributed by atoms with Crippen LogP contribution in [0.5, 0.6) is 0 Å². The third-order valence-corrected chi connectivity index (χ3v) is 3.32. The normalized spacial score (nSPS) is 11.0. The Bertz CT molecular complexity index is 668. The van der Waals surface area contributed by atoms with Crippen LogP contribution < -0.4 is 5.32 Å². The molecule has 0 unspecified atom stereocenters. The molecule has 0 fully saturated rings. The number of fused-ring (bicyclic) bond motifs is 1. The van der Waals surface area contributed by atoms with Crippen molar-refractivity contribution in [2.75, 3.05) is 0 Å². The van der Waals surface area contributed by atoms with E-state index >= 15 is 0 Å². The highest BCUT2D eigenvalue weighted by Crippen LogP contribution is 2.16. The highest BCUT2D eigenvalue weighted by Gasteiger charge is 1.99. The van der Waals surface area contributed by atoms with E-state index in [0.29, 0.717) is 0 Å². The molecule has 1 aromatic heterocycles. The molecular weight excluding hydrogens is 232 g/mol. The van der Waals surface area contributed by atoms with Crippen molar-refractivity contribution in [2.45, 2.75) is 20.0 Å². The first kappa shape index (κ1) is 12.0. The minimum atomic E-state index is 0.898. The summed E-state index contributed by atoms with van der Waals surface area (Å²) in [5.41, 5.74) is 5.07. The lowest BCUT2D eigenvalue weighted by Gasteiger charge is -2.05. The molecule has 0 aliphatic rings. The molecule has 19 heavy (non-hydrogen) atoms. The topological polar surface area (TPSA) is 27.8 Å². The molecule has 1 heterocycles. The van der Waals surface area contributed by atoms with Gasteiger partial charge in [-0.3, -0.25) is 0 Å². The highest BCUT2D eigenvalue weighted by molar-refractivity contribution is 5.81. The summed E-state index contributed by atoms with van der Waals surface area (Å²) in [5, 5.41) is 4.77. The van der Waals surface area contributed by atoms with Crippen molar-refractivity contribution in [1.29, 1.82) is 0 Å². The van der Waals surface area contributed by atoms with Gasteiger partial charge in [-0.15, -0.1) is 0 Å². The molecule has 2 N–H and O–H groups in total. The van der Waals surface area contributed by atoms with Crippen LogP contribution >= 0.6 is 0 Å². The third kappa shape index (κ3) is 2.85. The predicted octanol–water partition coefficient (Wildman–Crippen LogP) is 3.77. The lowest BCUT2D eigenvalue weighted by molar-refractivity contribution is 0.694. The van der Waals surface area contributed by atoms with Crippen LogP contribution in [0.3, 0.4) is 0 Å². The highest BCUT2D eigenvalue weighted by atomic mass is 14.8. The van der Waals surface area contributed by atoms with Gasteiger partial charge in [0.2, 0.25) is 0 Å². The standard InChI is InChI=1S/C17H18N2/c1-13-9-16-10-15(7-8-17(16)19-13)12-18-11-14-5-3-2-4-6-14/h2-10,18-19H,11-12H2,1H3. The van der Waals surface area contributed by atoms with E-state index in [1.165, 1.54) is 27.7 Å². The Kier molecular flexibility index (Phi) is 3.34. The summed E-state index contributed by atoms with van der Waals surface area (Å²) in [6.45, 7) is 3.90. The smallest absolute Gasteiger partial charge is 0.0456 e. The molecule has 96 valence electrons. The monoisotopic (exact) mass is 250 g/mol. The fraction of sp³-hybridized carbons (Fsp3) is 0.176. The molecule has 0 saturated heterocycles. The molecule has 0 spiro atoms. The van der Waals surface area contributed by atoms with Crippen molar-refractivity contribution < 1.29 is 0 Å². The van der Waals surface area contributed by atoms with E-state index in [4.69, 9.17) is 0 Å².